The molecule has 3 aromatic heterocycles. The molecular formula is C26H30N8O. The first-order chi connectivity index (χ1) is 17.0. The third kappa shape index (κ3) is 5.54. The van der Waals surface area contributed by atoms with Crippen LogP contribution in [0.15, 0.2) is 60.1 Å². The summed E-state index contributed by atoms with van der Waals surface area (Å²) in [7, 11) is 4.04. The van der Waals surface area contributed by atoms with Crippen LogP contribution in [0.4, 0.5) is 5.69 Å². The minimum absolute atomic E-state index is 0.344. The second-order valence-corrected chi connectivity index (χ2v) is 9.09. The molecule has 0 atom stereocenters. The van der Waals surface area contributed by atoms with Crippen molar-refractivity contribution in [2.75, 3.05) is 40.4 Å². The summed E-state index contributed by atoms with van der Waals surface area (Å²) in [6, 6.07) is 10.4. The number of rotatable bonds is 7. The highest BCUT2D eigenvalue weighted by Gasteiger charge is 2.14. The van der Waals surface area contributed by atoms with Crippen molar-refractivity contribution in [1.29, 1.82) is 0 Å². The zero-order chi connectivity index (χ0) is 24.2. The number of hydrogen-bond donors (Lipinski definition) is 2. The summed E-state index contributed by atoms with van der Waals surface area (Å²) in [5.41, 5.74) is 13.0. The van der Waals surface area contributed by atoms with Crippen molar-refractivity contribution in [3.8, 4) is 11.1 Å². The normalized spacial score (nSPS) is 15.2. The predicted molar refractivity (Wildman–Crippen MR) is 137 cm³/mol. The molecule has 1 aromatic carbocycles. The number of aliphatic imine (C=N–C) groups is 1. The maximum atomic E-state index is 6.41. The van der Waals surface area contributed by atoms with Crippen molar-refractivity contribution >= 4 is 22.4 Å². The van der Waals surface area contributed by atoms with Gasteiger partial charge in [-0.3, -0.25) is 20.0 Å². The van der Waals surface area contributed by atoms with Gasteiger partial charge in [-0.1, -0.05) is 6.07 Å². The number of ether oxygens (including phenoxy) is 1. The smallest absolute Gasteiger partial charge is 0.152 e. The Labute approximate surface area is 204 Å². The van der Waals surface area contributed by atoms with Crippen molar-refractivity contribution in [2.24, 2.45) is 10.7 Å². The van der Waals surface area contributed by atoms with Gasteiger partial charge in [-0.05, 0) is 55.1 Å². The van der Waals surface area contributed by atoms with Gasteiger partial charge >= 0.3 is 0 Å². The summed E-state index contributed by atoms with van der Waals surface area (Å²) in [6.07, 6.45) is 7.37. The highest BCUT2D eigenvalue weighted by molar-refractivity contribution is 6.08. The Morgan fingerprint density at radius 3 is 2.66 bits per heavy atom. The Kier molecular flexibility index (Phi) is 6.80. The molecule has 0 saturated carbocycles. The second-order valence-electron chi connectivity index (χ2n) is 9.09. The third-order valence-corrected chi connectivity index (χ3v) is 5.97. The van der Waals surface area contributed by atoms with Gasteiger partial charge in [0.25, 0.3) is 0 Å². The fourth-order valence-electron chi connectivity index (χ4n) is 4.32. The number of morpholine rings is 1. The van der Waals surface area contributed by atoms with Gasteiger partial charge in [0.1, 0.15) is 5.69 Å². The van der Waals surface area contributed by atoms with E-state index in [9.17, 15) is 0 Å². The summed E-state index contributed by atoms with van der Waals surface area (Å²) in [5, 5.41) is 8.43. The number of nitrogens with two attached hydrogens (primary N) is 1. The lowest BCUT2D eigenvalue weighted by Crippen LogP contribution is -2.35. The Morgan fingerprint density at radius 1 is 1.03 bits per heavy atom. The number of benzene rings is 1. The number of aromatic amines is 1. The van der Waals surface area contributed by atoms with Crippen molar-refractivity contribution < 1.29 is 4.74 Å². The summed E-state index contributed by atoms with van der Waals surface area (Å²) >= 11 is 0. The fourth-order valence-corrected chi connectivity index (χ4v) is 4.32. The first-order valence-electron chi connectivity index (χ1n) is 11.7. The molecule has 5 rings (SSSR count). The molecule has 0 radical (unpaired) electrons. The number of amidine groups is 1. The molecule has 0 amide bonds. The summed E-state index contributed by atoms with van der Waals surface area (Å²) in [4.78, 5) is 17.9. The van der Waals surface area contributed by atoms with Gasteiger partial charge < -0.3 is 15.4 Å². The molecular weight excluding hydrogens is 440 g/mol. The van der Waals surface area contributed by atoms with E-state index in [1.807, 2.05) is 44.8 Å². The largest absolute Gasteiger partial charge is 0.382 e. The van der Waals surface area contributed by atoms with E-state index in [-0.39, 0.29) is 0 Å². The quantitative estimate of drug-likeness (QED) is 0.316. The highest BCUT2D eigenvalue weighted by atomic mass is 16.5. The summed E-state index contributed by atoms with van der Waals surface area (Å²) in [6.45, 7) is 5.10. The molecule has 1 aliphatic heterocycles. The van der Waals surface area contributed by atoms with Gasteiger partial charge in [0.05, 0.1) is 30.6 Å². The minimum atomic E-state index is 0.344. The average molecular weight is 471 g/mol. The molecule has 0 unspecified atom stereocenters. The SMILES string of the molecule is CN(C)Cc1cncc(N=C(N)c2n[nH]c3ccc(-c4cncc(CN5CCOCC5)c4)cc23)c1. The lowest BCUT2D eigenvalue weighted by Gasteiger charge is -2.26. The number of nitrogens with zero attached hydrogens (tertiary/aromatic N) is 6. The van der Waals surface area contributed by atoms with Gasteiger partial charge in [0.15, 0.2) is 5.84 Å². The number of pyridine rings is 2. The average Bonchev–Trinajstić information content (AvgIpc) is 3.28. The van der Waals surface area contributed by atoms with Crippen molar-refractivity contribution in [3.05, 3.63) is 71.9 Å². The summed E-state index contributed by atoms with van der Waals surface area (Å²) in [5.74, 6) is 0.344. The Balaban J connectivity index is 1.42. The molecule has 3 N–H and O–H groups in total. The van der Waals surface area contributed by atoms with Crippen LogP contribution in [-0.2, 0) is 17.8 Å². The summed E-state index contributed by atoms with van der Waals surface area (Å²) < 4.78 is 5.46. The molecule has 1 fully saturated rings. The fraction of sp³-hybridized carbons (Fsp3) is 0.308. The molecule has 0 bridgehead atoms. The van der Waals surface area contributed by atoms with Crippen molar-refractivity contribution in [2.45, 2.75) is 13.1 Å². The van der Waals surface area contributed by atoms with Crippen LogP contribution in [0.25, 0.3) is 22.0 Å². The molecule has 4 heterocycles. The van der Waals surface area contributed by atoms with Crippen molar-refractivity contribution in [1.82, 2.24) is 30.0 Å². The molecule has 9 nitrogen and oxygen atoms in total. The third-order valence-electron chi connectivity index (χ3n) is 5.97. The Hall–Kier alpha value is -3.66. The number of H-pyrrole nitrogens is 1. The van der Waals surface area contributed by atoms with Crippen LogP contribution in [0.2, 0.25) is 0 Å². The number of fused-ring (bicyclic) bond motifs is 1. The van der Waals surface area contributed by atoms with Crippen molar-refractivity contribution in [3.63, 3.8) is 0 Å². The van der Waals surface area contributed by atoms with Gasteiger partial charge in [-0.25, -0.2) is 4.99 Å². The van der Waals surface area contributed by atoms with Crippen LogP contribution >= 0.6 is 0 Å². The molecule has 9 heteroatoms. The van der Waals surface area contributed by atoms with E-state index in [0.717, 1.165) is 67.0 Å². The standard InChI is InChI=1S/C26H30N8O/c1-33(2)16-19-10-22(15-29-13-19)30-26(27)25-23-11-20(3-4-24(23)31-32-25)21-9-18(12-28-14-21)17-34-5-7-35-8-6-34/h3-4,9-15H,5-8,16-17H2,1-2H3,(H2,27,30)(H,31,32). The molecule has 1 saturated heterocycles. The molecule has 0 aliphatic carbocycles. The van der Waals surface area contributed by atoms with Crippen LogP contribution in [0.5, 0.6) is 0 Å². The van der Waals surface area contributed by atoms with E-state index in [1.54, 1.807) is 6.20 Å². The van der Waals surface area contributed by atoms with Crippen LogP contribution in [-0.4, -0.2) is 76.2 Å². The van der Waals surface area contributed by atoms with Crippen LogP contribution < -0.4 is 5.73 Å². The Morgan fingerprint density at radius 2 is 1.83 bits per heavy atom. The molecule has 180 valence electrons. The lowest BCUT2D eigenvalue weighted by molar-refractivity contribution is 0.0341. The van der Waals surface area contributed by atoms with Crippen LogP contribution in [0, 0.1) is 0 Å². The van der Waals surface area contributed by atoms with E-state index < -0.39 is 0 Å². The van der Waals surface area contributed by atoms with Gasteiger partial charge in [0, 0.05) is 55.7 Å². The zero-order valence-electron chi connectivity index (χ0n) is 20.1. The van der Waals surface area contributed by atoms with E-state index in [0.29, 0.717) is 17.2 Å². The van der Waals surface area contributed by atoms with E-state index in [2.05, 4.69) is 53.2 Å². The van der Waals surface area contributed by atoms with E-state index in [4.69, 9.17) is 10.5 Å². The monoisotopic (exact) mass is 470 g/mol. The number of hydrogen-bond acceptors (Lipinski definition) is 7. The topological polar surface area (TPSA) is 109 Å². The first kappa shape index (κ1) is 23.1. The maximum Gasteiger partial charge on any atom is 0.152 e. The number of nitrogens with one attached hydrogen (secondary N) is 1. The first-order valence-corrected chi connectivity index (χ1v) is 11.7. The maximum absolute atomic E-state index is 6.41. The molecule has 4 aromatic rings. The molecule has 35 heavy (non-hydrogen) atoms. The van der Waals surface area contributed by atoms with Crippen LogP contribution in [0.3, 0.4) is 0 Å². The number of aromatic nitrogens is 4. The van der Waals surface area contributed by atoms with Gasteiger partial charge in [-0.2, -0.15) is 5.10 Å². The molecule has 1 aliphatic rings. The highest BCUT2D eigenvalue weighted by Crippen LogP contribution is 2.26. The van der Waals surface area contributed by atoms with E-state index in [1.165, 1.54) is 5.56 Å². The minimum Gasteiger partial charge on any atom is -0.382 e. The lowest BCUT2D eigenvalue weighted by atomic mass is 10.0. The second kappa shape index (κ2) is 10.3. The molecule has 0 spiro atoms. The van der Waals surface area contributed by atoms with Crippen LogP contribution in [0.1, 0.15) is 16.8 Å². The Bertz CT molecular complexity index is 1340. The van der Waals surface area contributed by atoms with E-state index >= 15 is 0 Å². The van der Waals surface area contributed by atoms with Gasteiger partial charge in [0.2, 0.25) is 0 Å². The zero-order valence-corrected chi connectivity index (χ0v) is 20.1. The van der Waals surface area contributed by atoms with Gasteiger partial charge in [-0.15, -0.1) is 0 Å². The predicted octanol–water partition coefficient (Wildman–Crippen LogP) is 2.95.